The molecule has 1 aliphatic rings. The van der Waals surface area contributed by atoms with Crippen LogP contribution in [0.2, 0.25) is 0 Å². The number of unbranched alkanes of at least 4 members (excludes halogenated alkanes) is 1. The number of hydrogen-bond acceptors (Lipinski definition) is 1. The number of nitrogens with zero attached hydrogens (tertiary/aromatic N) is 1. The molecular formula is C17H27N. The summed E-state index contributed by atoms with van der Waals surface area (Å²) in [6, 6.07) is 8.95. The van der Waals surface area contributed by atoms with Crippen LogP contribution in [-0.2, 0) is 6.42 Å². The van der Waals surface area contributed by atoms with Gasteiger partial charge in [0.25, 0.3) is 0 Å². The van der Waals surface area contributed by atoms with Gasteiger partial charge in [-0.3, -0.25) is 0 Å². The zero-order chi connectivity index (χ0) is 12.8. The zero-order valence-corrected chi connectivity index (χ0v) is 12.0. The molecule has 2 rings (SSSR count). The van der Waals surface area contributed by atoms with E-state index in [4.69, 9.17) is 0 Å². The number of benzene rings is 1. The summed E-state index contributed by atoms with van der Waals surface area (Å²) in [6.07, 6.45) is 6.84. The third-order valence-electron chi connectivity index (χ3n) is 4.14. The van der Waals surface area contributed by atoms with Crippen LogP contribution < -0.4 is 0 Å². The van der Waals surface area contributed by atoms with E-state index in [1.54, 1.807) is 0 Å². The van der Waals surface area contributed by atoms with Crippen molar-refractivity contribution in [3.8, 4) is 0 Å². The minimum atomic E-state index is 0.974. The van der Waals surface area contributed by atoms with Gasteiger partial charge in [-0.05, 0) is 44.2 Å². The molecule has 0 saturated carbocycles. The summed E-state index contributed by atoms with van der Waals surface area (Å²) in [4.78, 5) is 2.66. The van der Waals surface area contributed by atoms with Gasteiger partial charge in [0.2, 0.25) is 0 Å². The molecule has 0 N–H and O–H groups in total. The fourth-order valence-corrected chi connectivity index (χ4v) is 3.00. The molecule has 1 heterocycles. The molecule has 0 amide bonds. The molecule has 1 aromatic carbocycles. The maximum atomic E-state index is 2.66. The summed E-state index contributed by atoms with van der Waals surface area (Å²) < 4.78 is 0. The lowest BCUT2D eigenvalue weighted by atomic mass is 10.0. The maximum absolute atomic E-state index is 2.66. The second-order valence-corrected chi connectivity index (χ2v) is 5.84. The molecule has 0 spiro atoms. The summed E-state index contributed by atoms with van der Waals surface area (Å²) >= 11 is 0. The van der Waals surface area contributed by atoms with Crippen LogP contribution in [0.3, 0.4) is 0 Å². The lowest BCUT2D eigenvalue weighted by Crippen LogP contribution is -2.23. The van der Waals surface area contributed by atoms with Crippen molar-refractivity contribution >= 4 is 0 Å². The maximum Gasteiger partial charge on any atom is 0.00219 e. The standard InChI is InChI=1S/C17H27N/c1-3-4-7-17-10-12-18(14-17)11-9-16-8-5-6-15(2)13-16/h5-6,8,13,17H,3-4,7,9-12,14H2,1-2H3. The molecule has 0 aromatic heterocycles. The van der Waals surface area contributed by atoms with Gasteiger partial charge in [0.15, 0.2) is 0 Å². The van der Waals surface area contributed by atoms with Crippen LogP contribution >= 0.6 is 0 Å². The molecule has 1 atom stereocenters. The van der Waals surface area contributed by atoms with Gasteiger partial charge in [-0.1, -0.05) is 49.6 Å². The molecular weight excluding hydrogens is 218 g/mol. The second kappa shape index (κ2) is 6.94. The molecule has 0 radical (unpaired) electrons. The third kappa shape index (κ3) is 4.13. The summed E-state index contributed by atoms with van der Waals surface area (Å²) in [5.41, 5.74) is 2.88. The second-order valence-electron chi connectivity index (χ2n) is 5.84. The molecule has 1 saturated heterocycles. The third-order valence-corrected chi connectivity index (χ3v) is 4.14. The Morgan fingerprint density at radius 2 is 2.22 bits per heavy atom. The van der Waals surface area contributed by atoms with Gasteiger partial charge < -0.3 is 4.90 Å². The molecule has 0 aliphatic carbocycles. The molecule has 100 valence electrons. The Morgan fingerprint density at radius 3 is 3.00 bits per heavy atom. The molecule has 18 heavy (non-hydrogen) atoms. The zero-order valence-electron chi connectivity index (χ0n) is 12.0. The van der Waals surface area contributed by atoms with Gasteiger partial charge in [0.1, 0.15) is 0 Å². The highest BCUT2D eigenvalue weighted by molar-refractivity contribution is 5.22. The van der Waals surface area contributed by atoms with Crippen LogP contribution in [0.15, 0.2) is 24.3 Å². The van der Waals surface area contributed by atoms with Crippen LogP contribution in [0, 0.1) is 12.8 Å². The predicted molar refractivity (Wildman–Crippen MR) is 79.0 cm³/mol. The van der Waals surface area contributed by atoms with E-state index in [0.29, 0.717) is 0 Å². The quantitative estimate of drug-likeness (QED) is 0.731. The van der Waals surface area contributed by atoms with Crippen molar-refractivity contribution in [3.63, 3.8) is 0 Å². The lowest BCUT2D eigenvalue weighted by Gasteiger charge is -2.16. The van der Waals surface area contributed by atoms with Crippen molar-refractivity contribution in [2.24, 2.45) is 5.92 Å². The Kier molecular flexibility index (Phi) is 5.25. The van der Waals surface area contributed by atoms with Crippen molar-refractivity contribution in [1.82, 2.24) is 4.90 Å². The largest absolute Gasteiger partial charge is 0.303 e. The number of aryl methyl sites for hydroxylation is 1. The van der Waals surface area contributed by atoms with E-state index in [1.807, 2.05) is 0 Å². The van der Waals surface area contributed by atoms with E-state index in [2.05, 4.69) is 43.0 Å². The van der Waals surface area contributed by atoms with E-state index in [0.717, 1.165) is 5.92 Å². The summed E-state index contributed by atoms with van der Waals surface area (Å²) in [7, 11) is 0. The minimum Gasteiger partial charge on any atom is -0.303 e. The van der Waals surface area contributed by atoms with E-state index < -0.39 is 0 Å². The topological polar surface area (TPSA) is 3.24 Å². The monoisotopic (exact) mass is 245 g/mol. The summed E-state index contributed by atoms with van der Waals surface area (Å²) in [6.45, 7) is 8.38. The number of rotatable bonds is 6. The summed E-state index contributed by atoms with van der Waals surface area (Å²) in [5.74, 6) is 0.974. The average Bonchev–Trinajstić information content (AvgIpc) is 2.82. The molecule has 1 nitrogen and oxygen atoms in total. The minimum absolute atomic E-state index is 0.974. The van der Waals surface area contributed by atoms with Crippen molar-refractivity contribution < 1.29 is 0 Å². The van der Waals surface area contributed by atoms with Crippen LogP contribution in [0.4, 0.5) is 0 Å². The average molecular weight is 245 g/mol. The van der Waals surface area contributed by atoms with Gasteiger partial charge in [-0.15, -0.1) is 0 Å². The molecule has 1 aliphatic heterocycles. The molecule has 1 aromatic rings. The fraction of sp³-hybridized carbons (Fsp3) is 0.647. The Labute approximate surface area is 112 Å². The van der Waals surface area contributed by atoms with E-state index in [9.17, 15) is 0 Å². The highest BCUT2D eigenvalue weighted by Gasteiger charge is 2.21. The van der Waals surface area contributed by atoms with E-state index in [-0.39, 0.29) is 0 Å². The van der Waals surface area contributed by atoms with Crippen LogP contribution in [0.25, 0.3) is 0 Å². The molecule has 1 fully saturated rings. The Morgan fingerprint density at radius 1 is 1.33 bits per heavy atom. The highest BCUT2D eigenvalue weighted by Crippen LogP contribution is 2.21. The predicted octanol–water partition coefficient (Wildman–Crippen LogP) is 4.05. The first kappa shape index (κ1) is 13.6. The van der Waals surface area contributed by atoms with Crippen LogP contribution in [-0.4, -0.2) is 24.5 Å². The Hall–Kier alpha value is -0.820. The SMILES string of the molecule is CCCCC1CCN(CCc2cccc(C)c2)C1. The van der Waals surface area contributed by atoms with Crippen molar-refractivity contribution in [1.29, 1.82) is 0 Å². The smallest absolute Gasteiger partial charge is 0.00219 e. The Bertz CT molecular complexity index is 358. The van der Waals surface area contributed by atoms with E-state index >= 15 is 0 Å². The summed E-state index contributed by atoms with van der Waals surface area (Å²) in [5, 5.41) is 0. The number of likely N-dealkylation sites (tertiary alicyclic amines) is 1. The first-order valence-electron chi connectivity index (χ1n) is 7.56. The molecule has 1 unspecified atom stereocenters. The Balaban J connectivity index is 1.72. The fourth-order valence-electron chi connectivity index (χ4n) is 3.00. The number of hydrogen-bond donors (Lipinski definition) is 0. The van der Waals surface area contributed by atoms with Gasteiger partial charge in [0.05, 0.1) is 0 Å². The van der Waals surface area contributed by atoms with Gasteiger partial charge in [-0.25, -0.2) is 0 Å². The van der Waals surface area contributed by atoms with Crippen LogP contribution in [0.5, 0.6) is 0 Å². The first-order chi connectivity index (χ1) is 8.78. The normalized spacial score (nSPS) is 20.4. The van der Waals surface area contributed by atoms with Gasteiger partial charge in [-0.2, -0.15) is 0 Å². The van der Waals surface area contributed by atoms with Gasteiger partial charge >= 0.3 is 0 Å². The van der Waals surface area contributed by atoms with Gasteiger partial charge in [0, 0.05) is 13.1 Å². The molecule has 1 heteroatoms. The van der Waals surface area contributed by atoms with Crippen molar-refractivity contribution in [3.05, 3.63) is 35.4 Å². The van der Waals surface area contributed by atoms with Crippen LogP contribution in [0.1, 0.15) is 43.7 Å². The lowest BCUT2D eigenvalue weighted by molar-refractivity contribution is 0.323. The van der Waals surface area contributed by atoms with Crippen molar-refractivity contribution in [2.45, 2.75) is 46.0 Å². The molecule has 0 bridgehead atoms. The first-order valence-corrected chi connectivity index (χ1v) is 7.56. The van der Waals surface area contributed by atoms with Crippen molar-refractivity contribution in [2.75, 3.05) is 19.6 Å². The highest BCUT2D eigenvalue weighted by atomic mass is 15.1. The van der Waals surface area contributed by atoms with E-state index in [1.165, 1.54) is 62.9 Å².